The summed E-state index contributed by atoms with van der Waals surface area (Å²) in [6.45, 7) is 0.961. The zero-order valence-electron chi connectivity index (χ0n) is 15.4. The minimum atomic E-state index is -0.0970. The summed E-state index contributed by atoms with van der Waals surface area (Å²) in [6, 6.07) is 0. The van der Waals surface area contributed by atoms with Crippen LogP contribution in [0.3, 0.4) is 0 Å². The number of ether oxygens (including phenoxy) is 1. The standard InChI is InChI=1S/C19H28N2O3S2/c1-24-11-10-20-18(23)17-14-8-4-5-9-15(14)26-19(17)21-16(22)12-25-13-6-2-3-7-13/h13H,2-12H2,1H3,(H,20,23)(H,21,22). The quantitative estimate of drug-likeness (QED) is 0.659. The SMILES string of the molecule is COCCNC(=O)c1c(NC(=O)CSC2CCCC2)sc2c1CCCC2. The number of hydrogen-bond donors (Lipinski definition) is 2. The largest absolute Gasteiger partial charge is 0.383 e. The molecule has 1 fully saturated rings. The van der Waals surface area contributed by atoms with Gasteiger partial charge in [0.15, 0.2) is 0 Å². The third kappa shape index (κ3) is 5.02. The molecule has 2 aliphatic rings. The van der Waals surface area contributed by atoms with Crippen LogP contribution in [0.5, 0.6) is 0 Å². The Kier molecular flexibility index (Phi) is 7.40. The molecule has 2 N–H and O–H groups in total. The first-order valence-electron chi connectivity index (χ1n) is 9.52. The van der Waals surface area contributed by atoms with Crippen LogP contribution in [0.4, 0.5) is 5.00 Å². The summed E-state index contributed by atoms with van der Waals surface area (Å²) in [4.78, 5) is 26.4. The van der Waals surface area contributed by atoms with E-state index in [4.69, 9.17) is 4.74 Å². The van der Waals surface area contributed by atoms with E-state index in [1.807, 2.05) is 0 Å². The number of carbonyl (C=O) groups is 2. The van der Waals surface area contributed by atoms with Crippen molar-refractivity contribution in [1.29, 1.82) is 0 Å². The average molecular weight is 397 g/mol. The van der Waals surface area contributed by atoms with Gasteiger partial charge >= 0.3 is 0 Å². The fourth-order valence-electron chi connectivity index (χ4n) is 3.66. The minimum Gasteiger partial charge on any atom is -0.383 e. The molecule has 2 amide bonds. The van der Waals surface area contributed by atoms with Crippen molar-refractivity contribution in [3.8, 4) is 0 Å². The predicted molar refractivity (Wildman–Crippen MR) is 109 cm³/mol. The molecule has 1 aromatic heterocycles. The Morgan fingerprint density at radius 1 is 1.19 bits per heavy atom. The number of rotatable bonds is 8. The Morgan fingerprint density at radius 3 is 2.73 bits per heavy atom. The highest BCUT2D eigenvalue weighted by atomic mass is 32.2. The van der Waals surface area contributed by atoms with E-state index in [9.17, 15) is 9.59 Å². The number of thiophene rings is 1. The average Bonchev–Trinajstić information content (AvgIpc) is 3.27. The summed E-state index contributed by atoms with van der Waals surface area (Å²) in [5.74, 6) is 0.379. The van der Waals surface area contributed by atoms with E-state index < -0.39 is 0 Å². The number of carbonyl (C=O) groups excluding carboxylic acids is 2. The van der Waals surface area contributed by atoms with E-state index in [0.29, 0.717) is 29.7 Å². The first kappa shape index (κ1) is 19.7. The van der Waals surface area contributed by atoms with Gasteiger partial charge in [-0.25, -0.2) is 0 Å². The second-order valence-corrected chi connectivity index (χ2v) is 9.32. The van der Waals surface area contributed by atoms with Crippen LogP contribution in [-0.4, -0.2) is 43.1 Å². The lowest BCUT2D eigenvalue weighted by Crippen LogP contribution is -2.29. The molecule has 0 radical (unpaired) electrons. The van der Waals surface area contributed by atoms with E-state index in [-0.39, 0.29) is 11.8 Å². The number of hydrogen-bond acceptors (Lipinski definition) is 5. The predicted octanol–water partition coefficient (Wildman–Crippen LogP) is 3.62. The van der Waals surface area contributed by atoms with Gasteiger partial charge in [-0.3, -0.25) is 9.59 Å². The minimum absolute atomic E-state index is 0.00596. The zero-order valence-corrected chi connectivity index (χ0v) is 17.0. The van der Waals surface area contributed by atoms with Crippen molar-refractivity contribution in [3.63, 3.8) is 0 Å². The second-order valence-electron chi connectivity index (χ2n) is 6.93. The number of aryl methyl sites for hydroxylation is 1. The van der Waals surface area contributed by atoms with Gasteiger partial charge in [-0.2, -0.15) is 0 Å². The molecule has 0 aromatic carbocycles. The van der Waals surface area contributed by atoms with Crippen LogP contribution in [0.2, 0.25) is 0 Å². The molecule has 3 rings (SSSR count). The van der Waals surface area contributed by atoms with E-state index in [2.05, 4.69) is 10.6 Å². The molecule has 7 heteroatoms. The summed E-state index contributed by atoms with van der Waals surface area (Å²) in [5, 5.41) is 7.29. The Bertz CT molecular complexity index is 639. The summed E-state index contributed by atoms with van der Waals surface area (Å²) >= 11 is 3.34. The number of methoxy groups -OCH3 is 1. The topological polar surface area (TPSA) is 67.4 Å². The molecular weight excluding hydrogens is 368 g/mol. The first-order chi connectivity index (χ1) is 12.7. The van der Waals surface area contributed by atoms with Crippen molar-refractivity contribution in [2.45, 2.75) is 56.6 Å². The lowest BCUT2D eigenvalue weighted by Gasteiger charge is -2.13. The summed E-state index contributed by atoms with van der Waals surface area (Å²) < 4.78 is 5.01. The highest BCUT2D eigenvalue weighted by Crippen LogP contribution is 2.38. The molecule has 0 atom stereocenters. The number of nitrogens with one attached hydrogen (secondary N) is 2. The normalized spacial score (nSPS) is 17.1. The second kappa shape index (κ2) is 9.76. The van der Waals surface area contributed by atoms with Crippen LogP contribution in [0.25, 0.3) is 0 Å². The first-order valence-corrected chi connectivity index (χ1v) is 11.4. The fraction of sp³-hybridized carbons (Fsp3) is 0.684. The van der Waals surface area contributed by atoms with Gasteiger partial charge in [0.05, 0.1) is 17.9 Å². The van der Waals surface area contributed by atoms with Crippen LogP contribution in [-0.2, 0) is 22.4 Å². The lowest BCUT2D eigenvalue weighted by molar-refractivity contribution is -0.113. The summed E-state index contributed by atoms with van der Waals surface area (Å²) in [6.07, 6.45) is 9.19. The molecule has 0 spiro atoms. The van der Waals surface area contributed by atoms with Crippen molar-refractivity contribution in [2.24, 2.45) is 0 Å². The third-order valence-electron chi connectivity index (χ3n) is 5.00. The fourth-order valence-corrected chi connectivity index (χ4v) is 6.09. The van der Waals surface area contributed by atoms with Crippen LogP contribution in [0.1, 0.15) is 59.3 Å². The number of anilines is 1. The Hall–Kier alpha value is -1.05. The van der Waals surface area contributed by atoms with Gasteiger partial charge in [-0.1, -0.05) is 12.8 Å². The maximum Gasteiger partial charge on any atom is 0.254 e. The molecule has 0 saturated heterocycles. The third-order valence-corrected chi connectivity index (χ3v) is 7.57. The molecule has 0 aliphatic heterocycles. The van der Waals surface area contributed by atoms with Gasteiger partial charge in [0.1, 0.15) is 5.00 Å². The Morgan fingerprint density at radius 2 is 1.96 bits per heavy atom. The maximum atomic E-state index is 12.7. The summed E-state index contributed by atoms with van der Waals surface area (Å²) in [7, 11) is 1.62. The monoisotopic (exact) mass is 396 g/mol. The van der Waals surface area contributed by atoms with Gasteiger partial charge in [0, 0.05) is 23.8 Å². The molecule has 144 valence electrons. The van der Waals surface area contributed by atoms with Crippen LogP contribution in [0.15, 0.2) is 0 Å². The summed E-state index contributed by atoms with van der Waals surface area (Å²) in [5.41, 5.74) is 1.81. The lowest BCUT2D eigenvalue weighted by atomic mass is 9.95. The maximum absolute atomic E-state index is 12.7. The van der Waals surface area contributed by atoms with Crippen LogP contribution in [0, 0.1) is 0 Å². The van der Waals surface area contributed by atoms with Gasteiger partial charge in [0.25, 0.3) is 5.91 Å². The van der Waals surface area contributed by atoms with Gasteiger partial charge in [-0.05, 0) is 44.1 Å². The number of fused-ring (bicyclic) bond motifs is 1. The number of thioether (sulfide) groups is 1. The van der Waals surface area contributed by atoms with Gasteiger partial charge in [-0.15, -0.1) is 23.1 Å². The molecule has 1 aromatic rings. The molecule has 0 bridgehead atoms. The van der Waals surface area contributed by atoms with E-state index >= 15 is 0 Å². The van der Waals surface area contributed by atoms with Crippen LogP contribution < -0.4 is 10.6 Å². The highest BCUT2D eigenvalue weighted by molar-refractivity contribution is 8.00. The molecule has 2 aliphatic carbocycles. The highest BCUT2D eigenvalue weighted by Gasteiger charge is 2.26. The molecule has 5 nitrogen and oxygen atoms in total. The van der Waals surface area contributed by atoms with Gasteiger partial charge in [0.2, 0.25) is 5.91 Å². The Labute approximate surface area is 163 Å². The smallest absolute Gasteiger partial charge is 0.254 e. The van der Waals surface area contributed by atoms with Crippen LogP contribution >= 0.6 is 23.1 Å². The zero-order chi connectivity index (χ0) is 18.4. The van der Waals surface area contributed by atoms with E-state index in [1.165, 1.54) is 30.6 Å². The Balaban J connectivity index is 1.67. The molecular formula is C19H28N2O3S2. The molecule has 26 heavy (non-hydrogen) atoms. The van der Waals surface area contributed by atoms with Crippen molar-refractivity contribution in [3.05, 3.63) is 16.0 Å². The van der Waals surface area contributed by atoms with E-state index in [1.54, 1.807) is 30.2 Å². The molecule has 1 saturated carbocycles. The van der Waals surface area contributed by atoms with Crippen molar-refractivity contribution < 1.29 is 14.3 Å². The molecule has 0 unspecified atom stereocenters. The van der Waals surface area contributed by atoms with Crippen molar-refractivity contribution >= 4 is 39.9 Å². The molecule has 1 heterocycles. The van der Waals surface area contributed by atoms with Gasteiger partial charge < -0.3 is 15.4 Å². The number of amides is 2. The van der Waals surface area contributed by atoms with Crippen molar-refractivity contribution in [1.82, 2.24) is 5.32 Å². The van der Waals surface area contributed by atoms with E-state index in [0.717, 1.165) is 36.2 Å². The van der Waals surface area contributed by atoms with Crippen molar-refractivity contribution in [2.75, 3.05) is 31.3 Å².